The highest BCUT2D eigenvalue weighted by molar-refractivity contribution is 14.1. The van der Waals surface area contributed by atoms with Crippen LogP contribution >= 0.6 is 22.6 Å². The largest absolute Gasteiger partial charge is 0.447 e. The minimum atomic E-state index is -1.11. The van der Waals surface area contributed by atoms with Gasteiger partial charge < -0.3 is 19.7 Å². The summed E-state index contributed by atoms with van der Waals surface area (Å²) in [5, 5.41) is 2.93. The smallest absolute Gasteiger partial charge is 0.308 e. The van der Waals surface area contributed by atoms with Crippen molar-refractivity contribution >= 4 is 52.0 Å². The summed E-state index contributed by atoms with van der Waals surface area (Å²) in [4.78, 5) is 50.1. The summed E-state index contributed by atoms with van der Waals surface area (Å²) in [6, 6.07) is 13.8. The molecule has 0 bridgehead atoms. The number of anilines is 1. The lowest BCUT2D eigenvalue weighted by Gasteiger charge is -2.33. The van der Waals surface area contributed by atoms with Crippen molar-refractivity contribution < 1.29 is 28.7 Å². The normalized spacial score (nSPS) is 14.8. The minimum Gasteiger partial charge on any atom is -0.447 e. The zero-order valence-corrected chi connectivity index (χ0v) is 20.5. The van der Waals surface area contributed by atoms with Crippen LogP contribution in [0.3, 0.4) is 0 Å². The van der Waals surface area contributed by atoms with Crippen molar-refractivity contribution in [3.8, 4) is 5.75 Å². The fourth-order valence-corrected chi connectivity index (χ4v) is 3.97. The highest BCUT2D eigenvalue weighted by Crippen LogP contribution is 2.27. The van der Waals surface area contributed by atoms with E-state index in [4.69, 9.17) is 9.47 Å². The van der Waals surface area contributed by atoms with Crippen LogP contribution in [0.4, 0.5) is 5.69 Å². The number of hydrogen-bond donors (Lipinski definition) is 1. The maximum Gasteiger partial charge on any atom is 0.308 e. The number of carbonyl (C=O) groups is 4. The van der Waals surface area contributed by atoms with E-state index < -0.39 is 18.0 Å². The molecule has 1 unspecified atom stereocenters. The second kappa shape index (κ2) is 11.3. The summed E-state index contributed by atoms with van der Waals surface area (Å²) >= 11 is 2.20. The molecule has 1 fully saturated rings. The van der Waals surface area contributed by atoms with Crippen LogP contribution in [0.25, 0.3) is 0 Å². The van der Waals surface area contributed by atoms with Crippen molar-refractivity contribution in [1.82, 2.24) is 4.90 Å². The summed E-state index contributed by atoms with van der Waals surface area (Å²) in [6.45, 7) is 3.30. The first-order valence-corrected chi connectivity index (χ1v) is 11.6. The van der Waals surface area contributed by atoms with Crippen LogP contribution < -0.4 is 10.1 Å². The Kier molecular flexibility index (Phi) is 8.43. The monoisotopic (exact) mass is 564 g/mol. The van der Waals surface area contributed by atoms with Gasteiger partial charge in [-0.1, -0.05) is 12.1 Å². The highest BCUT2D eigenvalue weighted by Gasteiger charge is 2.33. The second-order valence-electron chi connectivity index (χ2n) is 7.75. The van der Waals surface area contributed by atoms with Crippen LogP contribution in [0.1, 0.15) is 38.4 Å². The average Bonchev–Trinajstić information content (AvgIpc) is 2.79. The molecule has 0 radical (unpaired) electrons. The summed E-state index contributed by atoms with van der Waals surface area (Å²) in [5.41, 5.74) is 1.22. The first-order valence-electron chi connectivity index (χ1n) is 10.5. The highest BCUT2D eigenvalue weighted by atomic mass is 127. The number of hydrogen-bond acceptors (Lipinski definition) is 6. The van der Waals surface area contributed by atoms with E-state index in [9.17, 15) is 19.2 Å². The van der Waals surface area contributed by atoms with Crippen molar-refractivity contribution in [3.05, 3.63) is 57.7 Å². The lowest BCUT2D eigenvalue weighted by atomic mass is 9.95. The van der Waals surface area contributed by atoms with Gasteiger partial charge in [0.1, 0.15) is 5.75 Å². The van der Waals surface area contributed by atoms with E-state index in [0.717, 1.165) is 9.26 Å². The van der Waals surface area contributed by atoms with Gasteiger partial charge >= 0.3 is 11.9 Å². The van der Waals surface area contributed by atoms with Crippen LogP contribution in [-0.4, -0.2) is 41.7 Å². The third-order valence-corrected chi connectivity index (χ3v) is 5.96. The Morgan fingerprint density at radius 2 is 1.55 bits per heavy atom. The fraction of sp³-hybridized carbons (Fsp3) is 0.333. The predicted molar refractivity (Wildman–Crippen MR) is 129 cm³/mol. The van der Waals surface area contributed by atoms with Crippen molar-refractivity contribution in [2.24, 2.45) is 5.92 Å². The van der Waals surface area contributed by atoms with E-state index in [2.05, 4.69) is 27.9 Å². The van der Waals surface area contributed by atoms with Crippen LogP contribution in [0.2, 0.25) is 0 Å². The van der Waals surface area contributed by atoms with Crippen LogP contribution in [0.5, 0.6) is 5.75 Å². The molecule has 0 aliphatic carbocycles. The van der Waals surface area contributed by atoms with Gasteiger partial charge in [0, 0.05) is 47.7 Å². The molecule has 2 aromatic carbocycles. The Labute approximate surface area is 205 Å². The molecule has 1 saturated heterocycles. The number of nitrogens with one attached hydrogen (secondary N) is 1. The summed E-state index contributed by atoms with van der Waals surface area (Å²) in [7, 11) is 0. The van der Waals surface area contributed by atoms with Crippen molar-refractivity contribution in [2.75, 3.05) is 18.4 Å². The molecular weight excluding hydrogens is 539 g/mol. The van der Waals surface area contributed by atoms with Gasteiger partial charge in [-0.3, -0.25) is 19.2 Å². The van der Waals surface area contributed by atoms with Gasteiger partial charge in [0.05, 0.1) is 0 Å². The van der Waals surface area contributed by atoms with E-state index in [0.29, 0.717) is 37.2 Å². The average molecular weight is 564 g/mol. The summed E-state index contributed by atoms with van der Waals surface area (Å²) in [6.07, 6.45) is -0.0775. The molecule has 174 valence electrons. The number of amides is 2. The third-order valence-electron chi connectivity index (χ3n) is 5.24. The summed E-state index contributed by atoms with van der Waals surface area (Å²) in [5.74, 6) is -1.32. The minimum absolute atomic E-state index is 0.0686. The number of carbonyl (C=O) groups excluding carboxylic acids is 4. The Hall–Kier alpha value is -2.95. The second-order valence-corrected chi connectivity index (χ2v) is 8.99. The van der Waals surface area contributed by atoms with Crippen LogP contribution in [-0.2, 0) is 23.9 Å². The Morgan fingerprint density at radius 3 is 2.09 bits per heavy atom. The molecule has 3 rings (SSSR count). The molecule has 1 atom stereocenters. The number of ether oxygens (including phenoxy) is 2. The van der Waals surface area contributed by atoms with E-state index in [1.54, 1.807) is 29.2 Å². The van der Waals surface area contributed by atoms with Gasteiger partial charge in [-0.15, -0.1) is 0 Å². The van der Waals surface area contributed by atoms with Gasteiger partial charge in [-0.2, -0.15) is 0 Å². The lowest BCUT2D eigenvalue weighted by molar-refractivity contribution is -0.160. The number of benzene rings is 2. The topological polar surface area (TPSA) is 102 Å². The number of esters is 2. The van der Waals surface area contributed by atoms with Gasteiger partial charge in [0.25, 0.3) is 5.91 Å². The van der Waals surface area contributed by atoms with E-state index in [-0.39, 0.29) is 17.7 Å². The number of halogens is 1. The van der Waals surface area contributed by atoms with Gasteiger partial charge in [0.2, 0.25) is 12.0 Å². The molecule has 9 heteroatoms. The molecule has 1 aliphatic heterocycles. The first kappa shape index (κ1) is 24.7. The van der Waals surface area contributed by atoms with Crippen molar-refractivity contribution in [1.29, 1.82) is 0 Å². The third kappa shape index (κ3) is 7.01. The molecule has 0 saturated carbocycles. The Balaban J connectivity index is 1.62. The molecule has 1 heterocycles. The maximum atomic E-state index is 13.2. The molecule has 0 spiro atoms. The van der Waals surface area contributed by atoms with E-state index in [1.165, 1.54) is 13.8 Å². The Bertz CT molecular complexity index is 1010. The number of likely N-dealkylation sites (tertiary alicyclic amines) is 1. The van der Waals surface area contributed by atoms with E-state index in [1.807, 2.05) is 24.3 Å². The maximum absolute atomic E-state index is 13.2. The van der Waals surface area contributed by atoms with Gasteiger partial charge in [0.15, 0.2) is 0 Å². The predicted octanol–water partition coefficient (Wildman–Crippen LogP) is 3.70. The van der Waals surface area contributed by atoms with Gasteiger partial charge in [-0.05, 0) is 71.8 Å². The molecule has 33 heavy (non-hydrogen) atoms. The van der Waals surface area contributed by atoms with Gasteiger partial charge in [-0.25, -0.2) is 0 Å². The zero-order valence-electron chi connectivity index (χ0n) is 18.4. The summed E-state index contributed by atoms with van der Waals surface area (Å²) < 4.78 is 11.4. The van der Waals surface area contributed by atoms with Crippen molar-refractivity contribution in [2.45, 2.75) is 32.8 Å². The van der Waals surface area contributed by atoms with E-state index >= 15 is 0 Å². The zero-order chi connectivity index (χ0) is 24.0. The molecule has 0 aromatic heterocycles. The Morgan fingerprint density at radius 1 is 0.939 bits per heavy atom. The molecule has 2 amide bonds. The SMILES string of the molecule is CC(=O)Oc1ccc(C(OC(C)=O)C(=O)N2CCC(C(=O)Nc3ccc(I)cc3)CC2)cc1. The van der Waals surface area contributed by atoms with Crippen LogP contribution in [0.15, 0.2) is 48.5 Å². The molecule has 1 aliphatic rings. The lowest BCUT2D eigenvalue weighted by Crippen LogP contribution is -2.44. The molecule has 8 nitrogen and oxygen atoms in total. The molecular formula is C24H25IN2O6. The standard InChI is InChI=1S/C24H25IN2O6/c1-15(28)32-21-9-3-17(4-10-21)22(33-16(2)29)24(31)27-13-11-18(12-14-27)23(30)26-20-7-5-19(25)6-8-20/h3-10,18,22H,11-14H2,1-2H3,(H,26,30). The fourth-order valence-electron chi connectivity index (χ4n) is 3.61. The number of piperidine rings is 1. The molecule has 2 aromatic rings. The molecule has 1 N–H and O–H groups in total. The van der Waals surface area contributed by atoms with Crippen LogP contribution in [0, 0.1) is 9.49 Å². The number of nitrogens with zero attached hydrogens (tertiary/aromatic N) is 1. The van der Waals surface area contributed by atoms with Crippen molar-refractivity contribution in [3.63, 3.8) is 0 Å². The first-order chi connectivity index (χ1) is 15.7. The number of rotatable bonds is 6. The quantitative estimate of drug-likeness (QED) is 0.326.